The van der Waals surface area contributed by atoms with Crippen molar-refractivity contribution in [1.29, 1.82) is 0 Å². The molecule has 0 fully saturated rings. The van der Waals surface area contributed by atoms with Crippen LogP contribution in [0.3, 0.4) is 0 Å². The second-order valence-electron chi connectivity index (χ2n) is 1.35. The van der Waals surface area contributed by atoms with Crippen LogP contribution in [0.25, 0.3) is 0 Å². The maximum Gasteiger partial charge on any atom is 4.00 e. The molecule has 0 amide bonds. The van der Waals surface area contributed by atoms with Crippen molar-refractivity contribution in [3.63, 3.8) is 0 Å². The van der Waals surface area contributed by atoms with Crippen LogP contribution >= 0.6 is 0 Å². The van der Waals surface area contributed by atoms with Crippen molar-refractivity contribution in [3.05, 3.63) is 0 Å². The summed E-state index contributed by atoms with van der Waals surface area (Å²) in [6.07, 6.45) is 4.08. The molecule has 0 saturated heterocycles. The van der Waals surface area contributed by atoms with Crippen LogP contribution in [0, 0.1) is 0 Å². The van der Waals surface area contributed by atoms with Crippen molar-refractivity contribution < 1.29 is 21.1 Å². The number of rotatable bonds is 2. The average Bonchev–Trinajstić information content (AvgIpc) is 1.41. The zero-order chi connectivity index (χ0) is 4.12. The molecule has 0 aliphatic carbocycles. The minimum atomic E-state index is 0. The molecule has 0 heterocycles. The molecule has 0 rings (SSSR count). The van der Waals surface area contributed by atoms with E-state index in [2.05, 4.69) is 13.8 Å². The van der Waals surface area contributed by atoms with E-state index in [0.717, 1.165) is 0 Å². The van der Waals surface area contributed by atoms with E-state index in [0.29, 0.717) is 0 Å². The van der Waals surface area contributed by atoms with Gasteiger partial charge in [0, 0.05) is 0 Å². The van der Waals surface area contributed by atoms with E-state index in [4.69, 9.17) is 0 Å². The van der Waals surface area contributed by atoms with Crippen LogP contribution in [0.4, 0.5) is 0 Å². The zero-order valence-electron chi connectivity index (χ0n) is 4.44. The fraction of sp³-hybridized carbons (Fsp3) is 1.00. The fourth-order valence-electron chi connectivity index (χ4n) is 0.354. The molecular formula is C5H12Pt+4. The third-order valence-corrected chi connectivity index (χ3v) is 0.707. The first kappa shape index (κ1) is 9.85. The Balaban J connectivity index is 0. The van der Waals surface area contributed by atoms with Crippen molar-refractivity contribution >= 4 is 0 Å². The van der Waals surface area contributed by atoms with Crippen molar-refractivity contribution in [3.8, 4) is 0 Å². The van der Waals surface area contributed by atoms with Gasteiger partial charge in [0.25, 0.3) is 0 Å². The maximum absolute atomic E-state index is 2.21. The third-order valence-electron chi connectivity index (χ3n) is 0.707. The number of hydrogen-bond acceptors (Lipinski definition) is 0. The van der Waals surface area contributed by atoms with E-state index in [1.807, 2.05) is 0 Å². The van der Waals surface area contributed by atoms with Gasteiger partial charge in [-0.2, -0.15) is 0 Å². The monoisotopic (exact) mass is 267 g/mol. The first-order chi connectivity index (χ1) is 2.41. The van der Waals surface area contributed by atoms with Gasteiger partial charge >= 0.3 is 21.1 Å². The first-order valence-corrected chi connectivity index (χ1v) is 2.41. The molecule has 0 atom stereocenters. The summed E-state index contributed by atoms with van der Waals surface area (Å²) < 4.78 is 0. The van der Waals surface area contributed by atoms with Crippen LogP contribution in [0.15, 0.2) is 0 Å². The van der Waals surface area contributed by atoms with Gasteiger partial charge in [-0.3, -0.25) is 0 Å². The van der Waals surface area contributed by atoms with E-state index in [9.17, 15) is 0 Å². The Bertz CT molecular complexity index is 11.4. The Kier molecular flexibility index (Phi) is 15.1. The minimum Gasteiger partial charge on any atom is -0.0654 e. The van der Waals surface area contributed by atoms with Gasteiger partial charge in [-0.15, -0.1) is 0 Å². The SMILES string of the molecule is CCCCC.[Pt+4]. The van der Waals surface area contributed by atoms with Crippen molar-refractivity contribution in [1.82, 2.24) is 0 Å². The first-order valence-electron chi connectivity index (χ1n) is 2.41. The van der Waals surface area contributed by atoms with Crippen molar-refractivity contribution in [2.75, 3.05) is 0 Å². The molecular weight excluding hydrogens is 255 g/mol. The minimum absolute atomic E-state index is 0. The second-order valence-corrected chi connectivity index (χ2v) is 1.35. The molecule has 0 nitrogen and oxygen atoms in total. The summed E-state index contributed by atoms with van der Waals surface area (Å²) in [5.41, 5.74) is 0. The Morgan fingerprint density at radius 2 is 1.33 bits per heavy atom. The van der Waals surface area contributed by atoms with E-state index in [1.165, 1.54) is 19.3 Å². The standard InChI is InChI=1S/C5H12.Pt/c1-3-5-4-2;/h3-5H2,1-2H3;/q;+4. The van der Waals surface area contributed by atoms with Crippen molar-refractivity contribution in [2.24, 2.45) is 0 Å². The molecule has 0 aromatic rings. The second kappa shape index (κ2) is 9.19. The third kappa shape index (κ3) is 8.82. The summed E-state index contributed by atoms with van der Waals surface area (Å²) in [7, 11) is 0. The molecule has 0 unspecified atom stereocenters. The van der Waals surface area contributed by atoms with Crippen LogP contribution in [-0.4, -0.2) is 0 Å². The number of hydrogen-bond donors (Lipinski definition) is 0. The molecule has 0 spiro atoms. The van der Waals surface area contributed by atoms with Crippen LogP contribution < -0.4 is 0 Å². The van der Waals surface area contributed by atoms with Gasteiger partial charge in [0.15, 0.2) is 0 Å². The average molecular weight is 267 g/mol. The largest absolute Gasteiger partial charge is 4.00 e. The molecule has 0 bridgehead atoms. The molecule has 0 aliphatic rings. The van der Waals surface area contributed by atoms with Gasteiger partial charge in [0.2, 0.25) is 0 Å². The van der Waals surface area contributed by atoms with E-state index in [1.54, 1.807) is 0 Å². The normalized spacial score (nSPS) is 7.00. The molecule has 0 aliphatic heterocycles. The van der Waals surface area contributed by atoms with Gasteiger partial charge in [0.1, 0.15) is 0 Å². The van der Waals surface area contributed by atoms with Gasteiger partial charge in [0.05, 0.1) is 0 Å². The van der Waals surface area contributed by atoms with Gasteiger partial charge in [-0.1, -0.05) is 33.1 Å². The molecule has 0 N–H and O–H groups in total. The van der Waals surface area contributed by atoms with Gasteiger partial charge < -0.3 is 0 Å². The topological polar surface area (TPSA) is 0 Å². The van der Waals surface area contributed by atoms with E-state index in [-0.39, 0.29) is 21.1 Å². The smallest absolute Gasteiger partial charge is 0.0654 e. The Hall–Kier alpha value is 0.688. The summed E-state index contributed by atoms with van der Waals surface area (Å²) in [4.78, 5) is 0. The van der Waals surface area contributed by atoms with Gasteiger partial charge in [-0.25, -0.2) is 0 Å². The van der Waals surface area contributed by atoms with E-state index >= 15 is 0 Å². The predicted octanol–water partition coefficient (Wildman–Crippen LogP) is 2.19. The predicted molar refractivity (Wildman–Crippen MR) is 25.2 cm³/mol. The van der Waals surface area contributed by atoms with Crippen LogP contribution in [0.1, 0.15) is 33.1 Å². The molecule has 0 aromatic heterocycles. The van der Waals surface area contributed by atoms with E-state index < -0.39 is 0 Å². The summed E-state index contributed by atoms with van der Waals surface area (Å²) in [6.45, 7) is 4.42. The molecule has 0 aromatic carbocycles. The Labute approximate surface area is 54.6 Å². The Morgan fingerprint density at radius 3 is 1.33 bits per heavy atom. The Morgan fingerprint density at radius 1 is 1.00 bits per heavy atom. The maximum atomic E-state index is 2.21. The van der Waals surface area contributed by atoms with Crippen molar-refractivity contribution in [2.45, 2.75) is 33.1 Å². The van der Waals surface area contributed by atoms with Crippen LogP contribution in [-0.2, 0) is 21.1 Å². The molecule has 6 heavy (non-hydrogen) atoms. The van der Waals surface area contributed by atoms with Crippen LogP contribution in [0.2, 0.25) is 0 Å². The molecule has 0 radical (unpaired) electrons. The number of unbranched alkanes of at least 4 members (excludes halogenated alkanes) is 2. The molecule has 38 valence electrons. The zero-order valence-corrected chi connectivity index (χ0v) is 6.71. The van der Waals surface area contributed by atoms with Crippen LogP contribution in [0.5, 0.6) is 0 Å². The summed E-state index contributed by atoms with van der Waals surface area (Å²) >= 11 is 0. The quantitative estimate of drug-likeness (QED) is 0.719. The molecule has 0 saturated carbocycles. The summed E-state index contributed by atoms with van der Waals surface area (Å²) in [6, 6.07) is 0. The summed E-state index contributed by atoms with van der Waals surface area (Å²) in [5.74, 6) is 0. The summed E-state index contributed by atoms with van der Waals surface area (Å²) in [5, 5.41) is 0. The fourth-order valence-corrected chi connectivity index (χ4v) is 0.354. The van der Waals surface area contributed by atoms with Gasteiger partial charge in [-0.05, 0) is 0 Å². The molecule has 1 heteroatoms.